The highest BCUT2D eigenvalue weighted by molar-refractivity contribution is 6.10. The summed E-state index contributed by atoms with van der Waals surface area (Å²) in [5.41, 5.74) is 15.5. The van der Waals surface area contributed by atoms with Gasteiger partial charge in [-0.05, 0) is 99.1 Å². The van der Waals surface area contributed by atoms with Crippen molar-refractivity contribution in [3.05, 3.63) is 222 Å². The molecule has 51 heavy (non-hydrogen) atoms. The highest BCUT2D eigenvalue weighted by atomic mass is 15.0. The zero-order valence-electron chi connectivity index (χ0n) is 28.0. The SMILES string of the molecule is c1ccc(-n2c3ccccc3c3cc(Nc4ccc(-c5ccc6c(c5)C(c5ccccc5)(c5ccccc5)c5ccccc5-6)cc4)ccc32)cc1. The Kier molecular flexibility index (Phi) is 6.75. The molecule has 1 N–H and O–H groups in total. The summed E-state index contributed by atoms with van der Waals surface area (Å²) in [5, 5.41) is 6.17. The van der Waals surface area contributed by atoms with Crippen LogP contribution in [0.2, 0.25) is 0 Å². The van der Waals surface area contributed by atoms with Gasteiger partial charge in [0.15, 0.2) is 0 Å². The quantitative estimate of drug-likeness (QED) is 0.189. The van der Waals surface area contributed by atoms with Gasteiger partial charge in [0.2, 0.25) is 0 Å². The van der Waals surface area contributed by atoms with Crippen LogP contribution in [0.3, 0.4) is 0 Å². The average Bonchev–Trinajstić information content (AvgIpc) is 3.69. The summed E-state index contributed by atoms with van der Waals surface area (Å²) in [6, 6.07) is 72.7. The third kappa shape index (κ3) is 4.57. The molecule has 8 aromatic carbocycles. The van der Waals surface area contributed by atoms with Gasteiger partial charge in [0.1, 0.15) is 0 Å². The van der Waals surface area contributed by atoms with E-state index in [-0.39, 0.29) is 0 Å². The van der Waals surface area contributed by atoms with Crippen LogP contribution in [0.15, 0.2) is 200 Å². The molecule has 2 nitrogen and oxygen atoms in total. The number of aromatic nitrogens is 1. The molecular formula is C49H34N2. The first-order chi connectivity index (χ1) is 25.3. The largest absolute Gasteiger partial charge is 0.356 e. The lowest BCUT2D eigenvalue weighted by molar-refractivity contribution is 0.769. The second-order valence-corrected chi connectivity index (χ2v) is 13.4. The van der Waals surface area contributed by atoms with Gasteiger partial charge in [0.25, 0.3) is 0 Å². The van der Waals surface area contributed by atoms with Crippen LogP contribution in [0.5, 0.6) is 0 Å². The van der Waals surface area contributed by atoms with Gasteiger partial charge in [-0.1, -0.05) is 146 Å². The van der Waals surface area contributed by atoms with E-state index in [9.17, 15) is 0 Å². The van der Waals surface area contributed by atoms with Crippen LogP contribution in [0.4, 0.5) is 11.4 Å². The van der Waals surface area contributed by atoms with E-state index >= 15 is 0 Å². The van der Waals surface area contributed by atoms with Gasteiger partial charge < -0.3 is 9.88 Å². The van der Waals surface area contributed by atoms with Crippen LogP contribution >= 0.6 is 0 Å². The highest BCUT2D eigenvalue weighted by Crippen LogP contribution is 2.56. The summed E-state index contributed by atoms with van der Waals surface area (Å²) in [6.07, 6.45) is 0. The Morgan fingerprint density at radius 1 is 0.373 bits per heavy atom. The molecule has 0 bridgehead atoms. The van der Waals surface area contributed by atoms with Gasteiger partial charge in [-0.3, -0.25) is 0 Å². The fraction of sp³-hybridized carbons (Fsp3) is 0.0204. The van der Waals surface area contributed by atoms with Gasteiger partial charge in [-0.25, -0.2) is 0 Å². The van der Waals surface area contributed by atoms with Gasteiger partial charge in [0, 0.05) is 27.8 Å². The number of anilines is 2. The van der Waals surface area contributed by atoms with Gasteiger partial charge in [-0.15, -0.1) is 0 Å². The first kappa shape index (κ1) is 29.3. The molecule has 0 radical (unpaired) electrons. The van der Waals surface area contributed by atoms with E-state index in [1.54, 1.807) is 0 Å². The lowest BCUT2D eigenvalue weighted by atomic mass is 9.67. The highest BCUT2D eigenvalue weighted by Gasteiger charge is 2.46. The molecule has 0 saturated heterocycles. The van der Waals surface area contributed by atoms with Crippen LogP contribution in [0.25, 0.3) is 49.7 Å². The van der Waals surface area contributed by atoms with Crippen molar-refractivity contribution in [2.75, 3.05) is 5.32 Å². The molecular weight excluding hydrogens is 617 g/mol. The molecule has 0 fully saturated rings. The van der Waals surface area contributed by atoms with E-state index in [1.165, 1.54) is 72.0 Å². The Morgan fingerprint density at radius 2 is 0.941 bits per heavy atom. The number of nitrogens with zero attached hydrogens (tertiary/aromatic N) is 1. The third-order valence-electron chi connectivity index (χ3n) is 10.7. The first-order valence-electron chi connectivity index (χ1n) is 17.6. The van der Waals surface area contributed by atoms with Crippen LogP contribution in [-0.2, 0) is 5.41 Å². The number of fused-ring (bicyclic) bond motifs is 6. The van der Waals surface area contributed by atoms with Crippen LogP contribution in [0.1, 0.15) is 22.3 Å². The maximum absolute atomic E-state index is 3.69. The molecule has 0 unspecified atom stereocenters. The number of para-hydroxylation sites is 2. The predicted molar refractivity (Wildman–Crippen MR) is 213 cm³/mol. The molecule has 2 heteroatoms. The lowest BCUT2D eigenvalue weighted by Gasteiger charge is -2.34. The predicted octanol–water partition coefficient (Wildman–Crippen LogP) is 12.6. The normalized spacial score (nSPS) is 12.9. The van der Waals surface area contributed by atoms with E-state index in [4.69, 9.17) is 0 Å². The minimum atomic E-state index is -0.409. The molecule has 10 rings (SSSR count). The summed E-state index contributed by atoms with van der Waals surface area (Å²) >= 11 is 0. The van der Waals surface area contributed by atoms with Crippen molar-refractivity contribution in [3.63, 3.8) is 0 Å². The molecule has 0 aliphatic heterocycles. The molecule has 1 aliphatic carbocycles. The fourth-order valence-corrected chi connectivity index (χ4v) is 8.44. The number of benzene rings is 8. The third-order valence-corrected chi connectivity index (χ3v) is 10.7. The topological polar surface area (TPSA) is 17.0 Å². The molecule has 1 aliphatic rings. The Hall–Kier alpha value is -6.64. The summed E-state index contributed by atoms with van der Waals surface area (Å²) in [5.74, 6) is 0. The fourth-order valence-electron chi connectivity index (χ4n) is 8.44. The summed E-state index contributed by atoms with van der Waals surface area (Å²) < 4.78 is 2.35. The summed E-state index contributed by atoms with van der Waals surface area (Å²) in [7, 11) is 0. The van der Waals surface area contributed by atoms with Gasteiger partial charge in [0.05, 0.1) is 16.4 Å². The monoisotopic (exact) mass is 650 g/mol. The van der Waals surface area contributed by atoms with Crippen molar-refractivity contribution in [3.8, 4) is 27.9 Å². The maximum Gasteiger partial charge on any atom is 0.0713 e. The molecule has 0 spiro atoms. The van der Waals surface area contributed by atoms with Crippen molar-refractivity contribution in [1.82, 2.24) is 4.57 Å². The van der Waals surface area contributed by atoms with Gasteiger partial charge in [-0.2, -0.15) is 0 Å². The average molecular weight is 651 g/mol. The van der Waals surface area contributed by atoms with E-state index in [2.05, 4.69) is 210 Å². The molecule has 0 atom stereocenters. The first-order valence-corrected chi connectivity index (χ1v) is 17.6. The molecule has 1 heterocycles. The zero-order valence-corrected chi connectivity index (χ0v) is 28.0. The molecule has 240 valence electrons. The standard InChI is InChI=1S/C49H34N2/c1-4-14-36(15-5-1)49(37-16-6-2-7-17-37)45-22-12-10-20-41(45)42-30-26-35(32-46(42)49)34-24-27-38(28-25-34)50-39-29-31-48-44(33-39)43-21-11-13-23-47(43)51(48)40-18-8-3-9-19-40/h1-33,50H. The molecule has 0 saturated carbocycles. The Bertz CT molecular complexity index is 2650. The van der Waals surface area contributed by atoms with Crippen molar-refractivity contribution in [2.24, 2.45) is 0 Å². The van der Waals surface area contributed by atoms with Crippen LogP contribution in [0, 0.1) is 0 Å². The second kappa shape index (κ2) is 11.8. The number of hydrogen-bond donors (Lipinski definition) is 1. The molecule has 9 aromatic rings. The van der Waals surface area contributed by atoms with Gasteiger partial charge >= 0.3 is 0 Å². The lowest BCUT2D eigenvalue weighted by Crippen LogP contribution is -2.28. The van der Waals surface area contributed by atoms with Crippen molar-refractivity contribution in [2.45, 2.75) is 5.41 Å². The number of hydrogen-bond acceptors (Lipinski definition) is 1. The van der Waals surface area contributed by atoms with E-state index in [0.29, 0.717) is 0 Å². The smallest absolute Gasteiger partial charge is 0.0713 e. The minimum absolute atomic E-state index is 0.409. The summed E-state index contributed by atoms with van der Waals surface area (Å²) in [6.45, 7) is 0. The molecule has 0 amide bonds. The second-order valence-electron chi connectivity index (χ2n) is 13.4. The van der Waals surface area contributed by atoms with E-state index < -0.39 is 5.41 Å². The maximum atomic E-state index is 3.69. The zero-order chi connectivity index (χ0) is 33.8. The number of nitrogens with one attached hydrogen (secondary N) is 1. The van der Waals surface area contributed by atoms with E-state index in [1.807, 2.05) is 0 Å². The van der Waals surface area contributed by atoms with Crippen LogP contribution < -0.4 is 5.32 Å². The molecule has 1 aromatic heterocycles. The Labute approximate surface area is 297 Å². The van der Waals surface area contributed by atoms with E-state index in [0.717, 1.165) is 11.4 Å². The Balaban J connectivity index is 1.03. The van der Waals surface area contributed by atoms with Crippen molar-refractivity contribution >= 4 is 33.2 Å². The van der Waals surface area contributed by atoms with Crippen molar-refractivity contribution < 1.29 is 0 Å². The van der Waals surface area contributed by atoms with Crippen LogP contribution in [-0.4, -0.2) is 4.57 Å². The Morgan fingerprint density at radius 3 is 1.69 bits per heavy atom. The minimum Gasteiger partial charge on any atom is -0.356 e. The van der Waals surface area contributed by atoms with Crippen molar-refractivity contribution in [1.29, 1.82) is 0 Å². The number of rotatable bonds is 6. The summed E-state index contributed by atoms with van der Waals surface area (Å²) in [4.78, 5) is 0.